The van der Waals surface area contributed by atoms with Gasteiger partial charge in [0.15, 0.2) is 0 Å². The molecule has 2 rings (SSSR count). The maximum absolute atomic E-state index is 12.1. The van der Waals surface area contributed by atoms with E-state index in [2.05, 4.69) is 4.40 Å². The molecule has 0 N–H and O–H groups in total. The SMILES string of the molecule is CCOC(=O)C1=CC(c2ccc(Cl)c(OC)c2)=NS(=O)(=O)N1C. The van der Waals surface area contributed by atoms with E-state index in [1.807, 2.05) is 0 Å². The Morgan fingerprint density at radius 2 is 2.09 bits per heavy atom. The van der Waals surface area contributed by atoms with E-state index in [1.54, 1.807) is 25.1 Å². The van der Waals surface area contributed by atoms with Gasteiger partial charge in [0.25, 0.3) is 0 Å². The van der Waals surface area contributed by atoms with E-state index < -0.39 is 16.2 Å². The Balaban J connectivity index is 2.55. The molecule has 23 heavy (non-hydrogen) atoms. The molecule has 0 atom stereocenters. The molecule has 0 saturated heterocycles. The lowest BCUT2D eigenvalue weighted by atomic mass is 10.1. The second kappa shape index (κ2) is 6.59. The maximum Gasteiger partial charge on any atom is 0.355 e. The summed E-state index contributed by atoms with van der Waals surface area (Å²) in [4.78, 5) is 12.0. The lowest BCUT2D eigenvalue weighted by molar-refractivity contribution is -0.139. The Hall–Kier alpha value is -2.06. The van der Waals surface area contributed by atoms with Crippen molar-refractivity contribution in [2.45, 2.75) is 6.92 Å². The number of allylic oxidation sites excluding steroid dienone is 1. The van der Waals surface area contributed by atoms with Crippen LogP contribution in [0.4, 0.5) is 0 Å². The van der Waals surface area contributed by atoms with Crippen LogP contribution >= 0.6 is 11.6 Å². The highest BCUT2D eigenvalue weighted by Gasteiger charge is 2.30. The molecule has 1 heterocycles. The number of carbonyl (C=O) groups excluding carboxylic acids is 1. The van der Waals surface area contributed by atoms with Crippen LogP contribution in [0.5, 0.6) is 5.75 Å². The number of carbonyl (C=O) groups is 1. The molecule has 9 heteroatoms. The van der Waals surface area contributed by atoms with Crippen molar-refractivity contribution < 1.29 is 22.7 Å². The zero-order valence-electron chi connectivity index (χ0n) is 12.7. The van der Waals surface area contributed by atoms with Crippen molar-refractivity contribution in [3.05, 3.63) is 40.6 Å². The fraction of sp³-hybridized carbons (Fsp3) is 0.286. The second-order valence-electron chi connectivity index (χ2n) is 4.52. The molecule has 0 aliphatic carbocycles. The summed E-state index contributed by atoms with van der Waals surface area (Å²) >= 11 is 5.95. The Labute approximate surface area is 139 Å². The number of ether oxygens (including phenoxy) is 2. The molecule has 0 unspecified atom stereocenters. The van der Waals surface area contributed by atoms with Gasteiger partial charge in [0.2, 0.25) is 0 Å². The van der Waals surface area contributed by atoms with Crippen LogP contribution in [-0.4, -0.2) is 45.2 Å². The van der Waals surface area contributed by atoms with Crippen LogP contribution in [0.3, 0.4) is 0 Å². The molecule has 0 spiro atoms. The minimum absolute atomic E-state index is 0.0983. The normalized spacial score (nSPS) is 16.4. The van der Waals surface area contributed by atoms with Gasteiger partial charge in [-0.2, -0.15) is 8.42 Å². The van der Waals surface area contributed by atoms with Gasteiger partial charge in [-0.3, -0.25) is 0 Å². The molecule has 1 aliphatic heterocycles. The number of hydrogen-bond donors (Lipinski definition) is 0. The first-order valence-corrected chi connectivity index (χ1v) is 8.39. The van der Waals surface area contributed by atoms with Gasteiger partial charge in [-0.25, -0.2) is 9.10 Å². The third-order valence-electron chi connectivity index (χ3n) is 3.10. The molecular weight excluding hydrogens is 344 g/mol. The highest BCUT2D eigenvalue weighted by Crippen LogP contribution is 2.27. The van der Waals surface area contributed by atoms with Crippen molar-refractivity contribution in [1.82, 2.24) is 4.31 Å². The van der Waals surface area contributed by atoms with E-state index in [9.17, 15) is 13.2 Å². The van der Waals surface area contributed by atoms with E-state index in [0.717, 1.165) is 4.31 Å². The average Bonchev–Trinajstić information content (AvgIpc) is 2.50. The minimum atomic E-state index is -4.02. The van der Waals surface area contributed by atoms with Crippen molar-refractivity contribution in [1.29, 1.82) is 0 Å². The van der Waals surface area contributed by atoms with E-state index in [1.165, 1.54) is 20.2 Å². The predicted molar refractivity (Wildman–Crippen MR) is 85.9 cm³/mol. The van der Waals surface area contributed by atoms with E-state index in [4.69, 9.17) is 21.1 Å². The fourth-order valence-electron chi connectivity index (χ4n) is 1.90. The molecule has 7 nitrogen and oxygen atoms in total. The van der Waals surface area contributed by atoms with Gasteiger partial charge in [0, 0.05) is 12.6 Å². The van der Waals surface area contributed by atoms with Gasteiger partial charge in [-0.05, 0) is 25.1 Å². The van der Waals surface area contributed by atoms with Crippen LogP contribution in [0.2, 0.25) is 5.02 Å². The summed E-state index contributed by atoms with van der Waals surface area (Å²) in [5.41, 5.74) is 0.427. The Kier molecular flexibility index (Phi) is 4.96. The molecule has 0 aromatic heterocycles. The summed E-state index contributed by atoms with van der Waals surface area (Å²) in [5.74, 6) is -0.374. The van der Waals surface area contributed by atoms with Crippen LogP contribution in [0.1, 0.15) is 12.5 Å². The quantitative estimate of drug-likeness (QED) is 0.766. The second-order valence-corrected chi connectivity index (χ2v) is 6.55. The molecule has 1 aromatic carbocycles. The van der Waals surface area contributed by atoms with Crippen molar-refractivity contribution in [2.75, 3.05) is 20.8 Å². The van der Waals surface area contributed by atoms with Crippen LogP contribution in [0.15, 0.2) is 34.4 Å². The number of nitrogens with zero attached hydrogens (tertiary/aromatic N) is 2. The number of likely N-dealkylation sites (N-methyl/N-ethyl adjacent to an activating group) is 1. The summed E-state index contributed by atoms with van der Waals surface area (Å²) in [6.45, 7) is 1.76. The molecule has 0 saturated carbocycles. The zero-order valence-corrected chi connectivity index (χ0v) is 14.3. The van der Waals surface area contributed by atoms with Gasteiger partial charge >= 0.3 is 16.2 Å². The van der Waals surface area contributed by atoms with Crippen molar-refractivity contribution in [2.24, 2.45) is 4.40 Å². The third kappa shape index (κ3) is 3.48. The lowest BCUT2D eigenvalue weighted by Gasteiger charge is -2.23. The third-order valence-corrected chi connectivity index (χ3v) is 4.73. The van der Waals surface area contributed by atoms with Crippen LogP contribution in [0.25, 0.3) is 0 Å². The standard InChI is InChI=1S/C14H15ClN2O5S/c1-4-22-14(18)12-8-11(16-23(19,20)17(12)2)9-5-6-10(15)13(7-9)21-3/h5-8H,4H2,1-3H3. The van der Waals surface area contributed by atoms with E-state index in [0.29, 0.717) is 16.3 Å². The number of hydrogen-bond acceptors (Lipinski definition) is 5. The van der Waals surface area contributed by atoms with Crippen LogP contribution < -0.4 is 4.74 Å². The summed E-state index contributed by atoms with van der Waals surface area (Å²) in [7, 11) is -1.34. The monoisotopic (exact) mass is 358 g/mol. The summed E-state index contributed by atoms with van der Waals surface area (Å²) in [6.07, 6.45) is 1.35. The van der Waals surface area contributed by atoms with Gasteiger partial charge in [-0.15, -0.1) is 4.40 Å². The van der Waals surface area contributed by atoms with Crippen LogP contribution in [-0.2, 0) is 19.7 Å². The zero-order chi connectivity index (χ0) is 17.2. The minimum Gasteiger partial charge on any atom is -0.495 e. The molecule has 0 amide bonds. The highest BCUT2D eigenvalue weighted by atomic mass is 35.5. The van der Waals surface area contributed by atoms with Crippen molar-refractivity contribution in [3.63, 3.8) is 0 Å². The maximum atomic E-state index is 12.1. The van der Waals surface area contributed by atoms with Gasteiger partial charge in [0.1, 0.15) is 11.4 Å². The predicted octanol–water partition coefficient (Wildman–Crippen LogP) is 1.77. The molecule has 1 aromatic rings. The molecule has 0 bridgehead atoms. The van der Waals surface area contributed by atoms with Crippen molar-refractivity contribution >= 4 is 33.5 Å². The van der Waals surface area contributed by atoms with E-state index >= 15 is 0 Å². The van der Waals surface area contributed by atoms with Crippen molar-refractivity contribution in [3.8, 4) is 5.75 Å². The highest BCUT2D eigenvalue weighted by molar-refractivity contribution is 7.88. The first-order valence-electron chi connectivity index (χ1n) is 6.61. The van der Waals surface area contributed by atoms with Gasteiger partial charge in [0.05, 0.1) is 24.5 Å². The lowest BCUT2D eigenvalue weighted by Crippen LogP contribution is -2.34. The Morgan fingerprint density at radius 3 is 2.70 bits per heavy atom. The van der Waals surface area contributed by atoms with E-state index in [-0.39, 0.29) is 18.0 Å². The number of rotatable bonds is 4. The van der Waals surface area contributed by atoms with Gasteiger partial charge < -0.3 is 9.47 Å². The smallest absolute Gasteiger partial charge is 0.355 e. The first-order chi connectivity index (χ1) is 10.8. The Bertz CT molecular complexity index is 801. The number of benzene rings is 1. The number of methoxy groups -OCH3 is 1. The summed E-state index contributed by atoms with van der Waals surface area (Å²) in [6, 6.07) is 4.69. The molecule has 124 valence electrons. The topological polar surface area (TPSA) is 85.3 Å². The average molecular weight is 359 g/mol. The number of halogens is 1. The first kappa shape index (κ1) is 17.3. The number of esters is 1. The Morgan fingerprint density at radius 1 is 1.39 bits per heavy atom. The van der Waals surface area contributed by atoms with Gasteiger partial charge in [-0.1, -0.05) is 17.7 Å². The molecule has 1 aliphatic rings. The summed E-state index contributed by atoms with van der Waals surface area (Å²) in [5, 5.41) is 0.377. The molecule has 0 fully saturated rings. The summed E-state index contributed by atoms with van der Waals surface area (Å²) < 4.78 is 38.7. The fourth-order valence-corrected chi connectivity index (χ4v) is 3.00. The molecule has 0 radical (unpaired) electrons. The van der Waals surface area contributed by atoms with Crippen LogP contribution in [0, 0.1) is 0 Å². The largest absolute Gasteiger partial charge is 0.495 e. The molecular formula is C14H15ClN2O5S.